The standard InChI is InChI=1S/C22H32N2O4S/c1-2-17-7-8-19(15-21(17)29(26,27)24-11-13-28-14-12-24)22(25)23-10-9-18-5-3-4-6-20(18)16-23/h7-8,15,18,20H,2-6,9-14,16H2,1H3. The maximum absolute atomic E-state index is 13.3. The maximum atomic E-state index is 13.3. The Hall–Kier alpha value is -1.44. The number of hydrogen-bond acceptors (Lipinski definition) is 4. The molecule has 2 atom stereocenters. The van der Waals surface area contributed by atoms with Crippen LogP contribution in [0, 0.1) is 11.8 Å². The Morgan fingerprint density at radius 2 is 1.79 bits per heavy atom. The van der Waals surface area contributed by atoms with Crippen molar-refractivity contribution in [2.75, 3.05) is 39.4 Å². The molecule has 1 aromatic carbocycles. The topological polar surface area (TPSA) is 66.9 Å². The molecule has 0 N–H and O–H groups in total. The summed E-state index contributed by atoms with van der Waals surface area (Å²) in [6.07, 6.45) is 6.76. The van der Waals surface area contributed by atoms with Crippen LogP contribution in [0.3, 0.4) is 0 Å². The number of sulfonamides is 1. The van der Waals surface area contributed by atoms with E-state index in [2.05, 4.69) is 0 Å². The highest BCUT2D eigenvalue weighted by Gasteiger charge is 2.34. The van der Waals surface area contributed by atoms with E-state index >= 15 is 0 Å². The number of amides is 1. The van der Waals surface area contributed by atoms with E-state index in [-0.39, 0.29) is 10.8 Å². The number of morpholine rings is 1. The Morgan fingerprint density at radius 1 is 1.07 bits per heavy atom. The second-order valence-corrected chi connectivity index (χ2v) is 10.4. The van der Waals surface area contributed by atoms with Crippen molar-refractivity contribution in [2.45, 2.75) is 50.3 Å². The second kappa shape index (κ2) is 8.74. The van der Waals surface area contributed by atoms with E-state index in [9.17, 15) is 13.2 Å². The van der Waals surface area contributed by atoms with Gasteiger partial charge in [-0.05, 0) is 48.8 Å². The van der Waals surface area contributed by atoms with Crippen LogP contribution < -0.4 is 0 Å². The predicted molar refractivity (Wildman–Crippen MR) is 111 cm³/mol. The summed E-state index contributed by atoms with van der Waals surface area (Å²) in [6.45, 7) is 5.08. The van der Waals surface area contributed by atoms with Gasteiger partial charge in [0.15, 0.2) is 0 Å². The number of benzene rings is 1. The minimum Gasteiger partial charge on any atom is -0.379 e. The van der Waals surface area contributed by atoms with Gasteiger partial charge in [0.05, 0.1) is 18.1 Å². The highest BCUT2D eigenvalue weighted by Crippen LogP contribution is 2.36. The summed E-state index contributed by atoms with van der Waals surface area (Å²) in [5.74, 6) is 1.33. The molecule has 3 aliphatic rings. The third kappa shape index (κ3) is 4.23. The minimum absolute atomic E-state index is 0.0323. The van der Waals surface area contributed by atoms with E-state index in [0.29, 0.717) is 44.2 Å². The molecule has 2 aliphatic heterocycles. The average molecular weight is 421 g/mol. The van der Waals surface area contributed by atoms with Crippen LogP contribution in [0.15, 0.2) is 23.1 Å². The van der Waals surface area contributed by atoms with Crippen molar-refractivity contribution < 1.29 is 17.9 Å². The van der Waals surface area contributed by atoms with E-state index in [0.717, 1.165) is 31.0 Å². The van der Waals surface area contributed by atoms with Crippen LogP contribution in [0.25, 0.3) is 0 Å². The van der Waals surface area contributed by atoms with Gasteiger partial charge in [0.2, 0.25) is 10.0 Å². The number of carbonyl (C=O) groups excluding carboxylic acids is 1. The molecule has 29 heavy (non-hydrogen) atoms. The highest BCUT2D eigenvalue weighted by molar-refractivity contribution is 7.89. The average Bonchev–Trinajstić information content (AvgIpc) is 2.78. The summed E-state index contributed by atoms with van der Waals surface area (Å²) in [7, 11) is -3.63. The number of carbonyl (C=O) groups is 1. The third-order valence-electron chi connectivity index (χ3n) is 6.86. The molecule has 0 radical (unpaired) electrons. The van der Waals surface area contributed by atoms with Gasteiger partial charge in [0.1, 0.15) is 0 Å². The first-order valence-electron chi connectivity index (χ1n) is 11.0. The van der Waals surface area contributed by atoms with Crippen molar-refractivity contribution >= 4 is 15.9 Å². The molecule has 2 saturated heterocycles. The largest absolute Gasteiger partial charge is 0.379 e. The quantitative estimate of drug-likeness (QED) is 0.751. The van der Waals surface area contributed by atoms with Crippen LogP contribution in [0.1, 0.15) is 54.9 Å². The molecule has 1 aromatic rings. The van der Waals surface area contributed by atoms with Crippen LogP contribution >= 0.6 is 0 Å². The number of piperidine rings is 1. The van der Waals surface area contributed by atoms with Gasteiger partial charge in [-0.1, -0.05) is 32.3 Å². The predicted octanol–water partition coefficient (Wildman–Crippen LogP) is 2.92. The number of aryl methyl sites for hydroxylation is 1. The zero-order valence-electron chi connectivity index (χ0n) is 17.3. The van der Waals surface area contributed by atoms with Crippen LogP contribution in [0.2, 0.25) is 0 Å². The van der Waals surface area contributed by atoms with E-state index in [4.69, 9.17) is 4.74 Å². The van der Waals surface area contributed by atoms with Gasteiger partial charge in [-0.3, -0.25) is 4.79 Å². The van der Waals surface area contributed by atoms with Crippen molar-refractivity contribution in [1.29, 1.82) is 0 Å². The molecule has 1 amide bonds. The van der Waals surface area contributed by atoms with Crippen molar-refractivity contribution in [3.8, 4) is 0 Å². The molecule has 2 unspecified atom stereocenters. The summed E-state index contributed by atoms with van der Waals surface area (Å²) in [4.78, 5) is 15.4. The SMILES string of the molecule is CCc1ccc(C(=O)N2CCC3CCCCC3C2)cc1S(=O)(=O)N1CCOCC1. The number of nitrogens with zero attached hydrogens (tertiary/aromatic N) is 2. The molecular formula is C22H32N2O4S. The van der Waals surface area contributed by atoms with Gasteiger partial charge in [-0.2, -0.15) is 4.31 Å². The van der Waals surface area contributed by atoms with E-state index < -0.39 is 10.0 Å². The molecule has 6 nitrogen and oxygen atoms in total. The fraction of sp³-hybridized carbons (Fsp3) is 0.682. The number of rotatable bonds is 4. The van der Waals surface area contributed by atoms with Gasteiger partial charge < -0.3 is 9.64 Å². The highest BCUT2D eigenvalue weighted by atomic mass is 32.2. The number of ether oxygens (including phenoxy) is 1. The summed E-state index contributed by atoms with van der Waals surface area (Å²) in [6, 6.07) is 5.22. The lowest BCUT2D eigenvalue weighted by Gasteiger charge is -2.41. The Morgan fingerprint density at radius 3 is 2.52 bits per heavy atom. The Bertz CT molecular complexity index is 848. The lowest BCUT2D eigenvalue weighted by molar-refractivity contribution is 0.0520. The molecule has 3 fully saturated rings. The molecule has 0 aromatic heterocycles. The lowest BCUT2D eigenvalue weighted by atomic mass is 9.75. The molecular weight excluding hydrogens is 388 g/mol. The van der Waals surface area contributed by atoms with E-state index in [1.165, 1.54) is 30.0 Å². The Kier molecular flexibility index (Phi) is 6.27. The molecule has 1 aliphatic carbocycles. The molecule has 0 bridgehead atoms. The van der Waals surface area contributed by atoms with Gasteiger partial charge in [-0.15, -0.1) is 0 Å². The number of likely N-dealkylation sites (tertiary alicyclic amines) is 1. The van der Waals surface area contributed by atoms with E-state index in [1.54, 1.807) is 12.1 Å². The van der Waals surface area contributed by atoms with Gasteiger partial charge >= 0.3 is 0 Å². The lowest BCUT2D eigenvalue weighted by Crippen LogP contribution is -2.45. The second-order valence-electron chi connectivity index (χ2n) is 8.54. The molecule has 7 heteroatoms. The molecule has 0 spiro atoms. The van der Waals surface area contributed by atoms with Crippen LogP contribution in [0.4, 0.5) is 0 Å². The number of hydrogen-bond donors (Lipinski definition) is 0. The smallest absolute Gasteiger partial charge is 0.253 e. The summed E-state index contributed by atoms with van der Waals surface area (Å²) < 4.78 is 33.3. The summed E-state index contributed by atoms with van der Waals surface area (Å²) >= 11 is 0. The summed E-state index contributed by atoms with van der Waals surface area (Å²) in [5, 5.41) is 0. The van der Waals surface area contributed by atoms with Gasteiger partial charge in [0, 0.05) is 31.7 Å². The van der Waals surface area contributed by atoms with Crippen molar-refractivity contribution in [2.24, 2.45) is 11.8 Å². The van der Waals surface area contributed by atoms with Crippen LogP contribution in [0.5, 0.6) is 0 Å². The van der Waals surface area contributed by atoms with Gasteiger partial charge in [-0.25, -0.2) is 8.42 Å². The minimum atomic E-state index is -3.63. The molecule has 160 valence electrons. The third-order valence-corrected chi connectivity index (χ3v) is 8.84. The summed E-state index contributed by atoms with van der Waals surface area (Å²) in [5.41, 5.74) is 1.25. The first-order chi connectivity index (χ1) is 14.0. The fourth-order valence-electron chi connectivity index (χ4n) is 5.11. The van der Waals surface area contributed by atoms with Crippen molar-refractivity contribution in [1.82, 2.24) is 9.21 Å². The fourth-order valence-corrected chi connectivity index (χ4v) is 6.84. The van der Waals surface area contributed by atoms with Crippen LogP contribution in [-0.2, 0) is 21.2 Å². The zero-order chi connectivity index (χ0) is 20.4. The van der Waals surface area contributed by atoms with Gasteiger partial charge in [0.25, 0.3) is 5.91 Å². The molecule has 2 heterocycles. The van der Waals surface area contributed by atoms with Crippen molar-refractivity contribution in [3.05, 3.63) is 29.3 Å². The van der Waals surface area contributed by atoms with E-state index in [1.807, 2.05) is 17.9 Å². The normalized spacial score (nSPS) is 26.2. The van der Waals surface area contributed by atoms with Crippen molar-refractivity contribution in [3.63, 3.8) is 0 Å². The first-order valence-corrected chi connectivity index (χ1v) is 12.4. The first kappa shape index (κ1) is 20.8. The monoisotopic (exact) mass is 420 g/mol. The Balaban J connectivity index is 1.58. The Labute approximate surface area is 174 Å². The maximum Gasteiger partial charge on any atom is 0.253 e. The molecule has 4 rings (SSSR count). The molecule has 1 saturated carbocycles. The number of fused-ring (bicyclic) bond motifs is 1. The zero-order valence-corrected chi connectivity index (χ0v) is 18.1. The van der Waals surface area contributed by atoms with Crippen LogP contribution in [-0.4, -0.2) is 62.9 Å².